The molecule has 0 aliphatic heterocycles. The standard InChI is InChI=1S/C17H12F3NO2S2/c18-17(19,20)14-8-4-5-12(9-14)11-25(22,23)16-21-15(10-24-16)13-6-2-1-3-7-13/h1-10H,11H2. The van der Waals surface area contributed by atoms with E-state index in [9.17, 15) is 21.6 Å². The molecule has 0 radical (unpaired) electrons. The number of hydrogen-bond donors (Lipinski definition) is 0. The fourth-order valence-electron chi connectivity index (χ4n) is 2.26. The van der Waals surface area contributed by atoms with Crippen molar-refractivity contribution >= 4 is 21.2 Å². The van der Waals surface area contributed by atoms with Crippen LogP contribution in [0.15, 0.2) is 64.3 Å². The second kappa shape index (κ2) is 6.61. The van der Waals surface area contributed by atoms with E-state index >= 15 is 0 Å². The van der Waals surface area contributed by atoms with Gasteiger partial charge in [-0.15, -0.1) is 11.3 Å². The number of aromatic nitrogens is 1. The van der Waals surface area contributed by atoms with Crippen LogP contribution in [-0.4, -0.2) is 13.4 Å². The van der Waals surface area contributed by atoms with Gasteiger partial charge in [0.2, 0.25) is 14.2 Å². The maximum atomic E-state index is 12.8. The number of benzene rings is 2. The normalized spacial score (nSPS) is 12.3. The molecule has 3 rings (SSSR count). The van der Waals surface area contributed by atoms with Crippen molar-refractivity contribution in [2.45, 2.75) is 16.3 Å². The SMILES string of the molecule is O=S(=O)(Cc1cccc(C(F)(F)F)c1)c1nc(-c2ccccc2)cs1. The highest BCUT2D eigenvalue weighted by Gasteiger charge is 2.31. The molecule has 1 aromatic heterocycles. The van der Waals surface area contributed by atoms with Gasteiger partial charge in [0.25, 0.3) is 0 Å². The number of rotatable bonds is 4. The third-order valence-electron chi connectivity index (χ3n) is 3.43. The van der Waals surface area contributed by atoms with Crippen LogP contribution in [0.1, 0.15) is 11.1 Å². The van der Waals surface area contributed by atoms with Crippen molar-refractivity contribution in [1.82, 2.24) is 4.98 Å². The second-order valence-corrected chi connectivity index (χ2v) is 8.34. The number of hydrogen-bond acceptors (Lipinski definition) is 4. The Morgan fingerprint density at radius 3 is 2.40 bits per heavy atom. The van der Waals surface area contributed by atoms with Crippen molar-refractivity contribution < 1.29 is 21.6 Å². The van der Waals surface area contributed by atoms with Crippen LogP contribution in [-0.2, 0) is 21.8 Å². The molecule has 0 saturated carbocycles. The Morgan fingerprint density at radius 2 is 1.72 bits per heavy atom. The summed E-state index contributed by atoms with van der Waals surface area (Å²) < 4.78 is 63.1. The third-order valence-corrected chi connectivity index (χ3v) is 6.45. The third kappa shape index (κ3) is 4.08. The number of thiazole rings is 1. The molecular weight excluding hydrogens is 371 g/mol. The predicted molar refractivity (Wildman–Crippen MR) is 89.9 cm³/mol. The first-order chi connectivity index (χ1) is 11.8. The van der Waals surface area contributed by atoms with E-state index in [2.05, 4.69) is 4.98 Å². The second-order valence-electron chi connectivity index (χ2n) is 5.32. The first kappa shape index (κ1) is 17.6. The van der Waals surface area contributed by atoms with Gasteiger partial charge in [-0.2, -0.15) is 13.2 Å². The highest BCUT2D eigenvalue weighted by Crippen LogP contribution is 2.31. The predicted octanol–water partition coefficient (Wildman–Crippen LogP) is 4.80. The van der Waals surface area contributed by atoms with Crippen LogP contribution >= 0.6 is 11.3 Å². The van der Waals surface area contributed by atoms with Crippen molar-refractivity contribution in [2.75, 3.05) is 0 Å². The van der Waals surface area contributed by atoms with Gasteiger partial charge in [0.05, 0.1) is 17.0 Å². The Hall–Kier alpha value is -2.19. The van der Waals surface area contributed by atoms with E-state index in [1.165, 1.54) is 12.1 Å². The Morgan fingerprint density at radius 1 is 1.00 bits per heavy atom. The van der Waals surface area contributed by atoms with Crippen molar-refractivity contribution in [1.29, 1.82) is 0 Å². The van der Waals surface area contributed by atoms with E-state index in [1.807, 2.05) is 18.2 Å². The Bertz CT molecular complexity index is 980. The molecule has 0 N–H and O–H groups in total. The molecule has 0 unspecified atom stereocenters. The molecule has 8 heteroatoms. The Labute approximate surface area is 146 Å². The molecule has 0 spiro atoms. The topological polar surface area (TPSA) is 47.0 Å². The number of alkyl halides is 3. The van der Waals surface area contributed by atoms with Crippen LogP contribution < -0.4 is 0 Å². The lowest BCUT2D eigenvalue weighted by atomic mass is 10.1. The fourth-order valence-corrected chi connectivity index (χ4v) is 4.70. The Kier molecular flexibility index (Phi) is 4.66. The van der Waals surface area contributed by atoms with E-state index in [4.69, 9.17) is 0 Å². The van der Waals surface area contributed by atoms with E-state index < -0.39 is 27.3 Å². The molecule has 130 valence electrons. The molecule has 0 bridgehead atoms. The van der Waals surface area contributed by atoms with Gasteiger partial charge >= 0.3 is 6.18 Å². The summed E-state index contributed by atoms with van der Waals surface area (Å²) in [6.45, 7) is 0. The van der Waals surface area contributed by atoms with Gasteiger partial charge in [-0.3, -0.25) is 0 Å². The lowest BCUT2D eigenvalue weighted by Crippen LogP contribution is -2.08. The molecular formula is C17H12F3NO2S2. The van der Waals surface area contributed by atoms with E-state index in [0.29, 0.717) is 5.69 Å². The van der Waals surface area contributed by atoms with Gasteiger partial charge in [0.15, 0.2) is 0 Å². The molecule has 3 aromatic rings. The largest absolute Gasteiger partial charge is 0.416 e. The molecule has 3 nitrogen and oxygen atoms in total. The average Bonchev–Trinajstić information content (AvgIpc) is 3.06. The lowest BCUT2D eigenvalue weighted by molar-refractivity contribution is -0.137. The summed E-state index contributed by atoms with van der Waals surface area (Å²) in [5, 5.41) is 1.62. The number of sulfone groups is 1. The monoisotopic (exact) mass is 383 g/mol. The highest BCUT2D eigenvalue weighted by molar-refractivity contribution is 7.92. The lowest BCUT2D eigenvalue weighted by Gasteiger charge is -2.08. The molecule has 0 saturated heterocycles. The van der Waals surface area contributed by atoms with Gasteiger partial charge in [-0.05, 0) is 11.6 Å². The maximum absolute atomic E-state index is 12.8. The van der Waals surface area contributed by atoms with E-state index in [0.717, 1.165) is 29.0 Å². The summed E-state index contributed by atoms with van der Waals surface area (Å²) >= 11 is 0.959. The van der Waals surface area contributed by atoms with Crippen molar-refractivity contribution in [3.05, 3.63) is 71.1 Å². The van der Waals surface area contributed by atoms with Crippen molar-refractivity contribution in [2.24, 2.45) is 0 Å². The zero-order valence-corrected chi connectivity index (χ0v) is 14.3. The van der Waals surface area contributed by atoms with Gasteiger partial charge in [-0.25, -0.2) is 13.4 Å². The van der Waals surface area contributed by atoms with Crippen LogP contribution in [0.5, 0.6) is 0 Å². The molecule has 0 amide bonds. The molecule has 0 atom stereocenters. The van der Waals surface area contributed by atoms with Crippen LogP contribution in [0.2, 0.25) is 0 Å². The number of halogens is 3. The minimum atomic E-state index is -4.51. The molecule has 0 fully saturated rings. The zero-order valence-electron chi connectivity index (χ0n) is 12.7. The Balaban J connectivity index is 1.87. The van der Waals surface area contributed by atoms with E-state index in [-0.39, 0.29) is 9.90 Å². The average molecular weight is 383 g/mol. The fraction of sp³-hybridized carbons (Fsp3) is 0.118. The van der Waals surface area contributed by atoms with E-state index in [1.54, 1.807) is 17.5 Å². The minimum Gasteiger partial charge on any atom is -0.225 e. The summed E-state index contributed by atoms with van der Waals surface area (Å²) in [6.07, 6.45) is -4.51. The molecule has 0 aliphatic carbocycles. The van der Waals surface area contributed by atoms with Gasteiger partial charge in [0.1, 0.15) is 0 Å². The van der Waals surface area contributed by atoms with Crippen molar-refractivity contribution in [3.63, 3.8) is 0 Å². The highest BCUT2D eigenvalue weighted by atomic mass is 32.2. The molecule has 1 heterocycles. The molecule has 0 aliphatic rings. The smallest absolute Gasteiger partial charge is 0.225 e. The van der Waals surface area contributed by atoms with Crippen molar-refractivity contribution in [3.8, 4) is 11.3 Å². The zero-order chi connectivity index (χ0) is 18.1. The van der Waals surface area contributed by atoms with Gasteiger partial charge in [-0.1, -0.05) is 48.5 Å². The first-order valence-corrected chi connectivity index (χ1v) is 9.69. The summed E-state index contributed by atoms with van der Waals surface area (Å²) in [5.41, 5.74) is 0.503. The summed E-state index contributed by atoms with van der Waals surface area (Å²) in [6, 6.07) is 13.4. The quantitative estimate of drug-likeness (QED) is 0.650. The first-order valence-electron chi connectivity index (χ1n) is 7.15. The van der Waals surface area contributed by atoms with Gasteiger partial charge in [0, 0.05) is 10.9 Å². The van der Waals surface area contributed by atoms with Crippen LogP contribution in [0.25, 0.3) is 11.3 Å². The molecule has 25 heavy (non-hydrogen) atoms. The van der Waals surface area contributed by atoms with Crippen LogP contribution in [0.4, 0.5) is 13.2 Å². The summed E-state index contributed by atoms with van der Waals surface area (Å²) in [4.78, 5) is 4.13. The van der Waals surface area contributed by atoms with Crippen LogP contribution in [0.3, 0.4) is 0 Å². The maximum Gasteiger partial charge on any atom is 0.416 e. The molecule has 2 aromatic carbocycles. The number of nitrogens with zero attached hydrogens (tertiary/aromatic N) is 1. The summed E-state index contributed by atoms with van der Waals surface area (Å²) in [5.74, 6) is -0.529. The van der Waals surface area contributed by atoms with Crippen LogP contribution in [0, 0.1) is 0 Å². The van der Waals surface area contributed by atoms with Gasteiger partial charge < -0.3 is 0 Å². The minimum absolute atomic E-state index is 0.0753. The summed E-state index contributed by atoms with van der Waals surface area (Å²) in [7, 11) is -3.82.